The van der Waals surface area contributed by atoms with E-state index < -0.39 is 0 Å². The Kier molecular flexibility index (Phi) is 2.32. The van der Waals surface area contributed by atoms with Crippen LogP contribution in [0.3, 0.4) is 0 Å². The molecule has 4 rings (SSSR count). The van der Waals surface area contributed by atoms with Gasteiger partial charge in [-0.25, -0.2) is 9.97 Å². The molecule has 1 saturated heterocycles. The molecule has 1 saturated carbocycles. The number of rotatable bonds is 2. The number of fused-ring (bicyclic) bond motifs is 3. The van der Waals surface area contributed by atoms with Gasteiger partial charge in [0.05, 0.1) is 6.20 Å². The van der Waals surface area contributed by atoms with Gasteiger partial charge in [0.1, 0.15) is 5.69 Å². The smallest absolute Gasteiger partial charge is 0.271 e. The summed E-state index contributed by atoms with van der Waals surface area (Å²) < 4.78 is 1.81. The Balaban J connectivity index is 1.53. The molecule has 2 aromatic rings. The molecule has 2 bridgehead atoms. The number of carbonyl (C=O) groups is 1. The average molecular weight is 257 g/mol. The van der Waals surface area contributed by atoms with E-state index in [1.807, 2.05) is 6.20 Å². The molecule has 3 heterocycles. The second kappa shape index (κ2) is 4.03. The topological polar surface area (TPSA) is 71.3 Å². The Morgan fingerprint density at radius 1 is 1.42 bits per heavy atom. The molecule has 98 valence electrons. The van der Waals surface area contributed by atoms with Crippen molar-refractivity contribution in [3.8, 4) is 0 Å². The number of nitrogens with zero attached hydrogens (tertiary/aromatic N) is 3. The van der Waals surface area contributed by atoms with E-state index in [4.69, 9.17) is 0 Å². The molecule has 1 aliphatic heterocycles. The summed E-state index contributed by atoms with van der Waals surface area (Å²) in [6, 6.07) is 0.678. The fraction of sp³-hybridized carbons (Fsp3) is 0.462. The van der Waals surface area contributed by atoms with Crippen molar-refractivity contribution in [2.45, 2.75) is 24.9 Å². The number of hydrogen-bond acceptors (Lipinski definition) is 4. The maximum atomic E-state index is 12.2. The van der Waals surface area contributed by atoms with Gasteiger partial charge >= 0.3 is 0 Å². The first-order chi connectivity index (χ1) is 9.29. The molecule has 6 heteroatoms. The highest BCUT2D eigenvalue weighted by Crippen LogP contribution is 2.31. The number of carbonyl (C=O) groups excluding carboxylic acids is 1. The van der Waals surface area contributed by atoms with Crippen molar-refractivity contribution in [1.29, 1.82) is 0 Å². The zero-order chi connectivity index (χ0) is 12.8. The molecule has 6 nitrogen and oxygen atoms in total. The van der Waals surface area contributed by atoms with E-state index in [9.17, 15) is 4.79 Å². The maximum absolute atomic E-state index is 12.2. The van der Waals surface area contributed by atoms with Gasteiger partial charge in [0.2, 0.25) is 0 Å². The third-order valence-corrected chi connectivity index (χ3v) is 4.16. The van der Waals surface area contributed by atoms with Crippen LogP contribution in [0, 0.1) is 5.92 Å². The van der Waals surface area contributed by atoms with Crippen molar-refractivity contribution >= 4 is 11.6 Å². The number of piperidine rings is 1. The fourth-order valence-corrected chi connectivity index (χ4v) is 3.20. The molecule has 0 unspecified atom stereocenters. The number of aromatic nitrogens is 3. The lowest BCUT2D eigenvalue weighted by Crippen LogP contribution is -2.48. The maximum Gasteiger partial charge on any atom is 0.271 e. The van der Waals surface area contributed by atoms with Crippen molar-refractivity contribution < 1.29 is 4.79 Å². The van der Waals surface area contributed by atoms with E-state index in [0.29, 0.717) is 11.7 Å². The Morgan fingerprint density at radius 2 is 2.37 bits per heavy atom. The van der Waals surface area contributed by atoms with E-state index >= 15 is 0 Å². The van der Waals surface area contributed by atoms with Gasteiger partial charge in [0.15, 0.2) is 5.65 Å². The Bertz CT molecular complexity index is 637. The number of amides is 1. The van der Waals surface area contributed by atoms with Crippen molar-refractivity contribution in [3.63, 3.8) is 0 Å². The summed E-state index contributed by atoms with van der Waals surface area (Å²) in [5.41, 5.74) is 1.19. The molecule has 1 amide bonds. The molecule has 0 aromatic carbocycles. The van der Waals surface area contributed by atoms with Crippen molar-refractivity contribution in [2.24, 2.45) is 5.92 Å². The van der Waals surface area contributed by atoms with Crippen LogP contribution in [-0.2, 0) is 0 Å². The molecule has 2 aliphatic rings. The molecule has 0 spiro atoms. The highest BCUT2D eigenvalue weighted by molar-refractivity contribution is 5.92. The number of nitrogens with one attached hydrogen (secondary N) is 2. The average Bonchev–Trinajstić information content (AvgIpc) is 3.13. The molecule has 2 N–H and O–H groups in total. The summed E-state index contributed by atoms with van der Waals surface area (Å²) in [6.45, 7) is 1.09. The van der Waals surface area contributed by atoms with Crippen LogP contribution in [0.25, 0.3) is 5.65 Å². The zero-order valence-electron chi connectivity index (χ0n) is 10.4. The summed E-state index contributed by atoms with van der Waals surface area (Å²) in [5, 5.41) is 6.52. The lowest BCUT2D eigenvalue weighted by Gasteiger charge is -2.23. The first-order valence-electron chi connectivity index (χ1n) is 6.62. The highest BCUT2D eigenvalue weighted by atomic mass is 16.2. The minimum absolute atomic E-state index is 0.102. The van der Waals surface area contributed by atoms with Crippen molar-refractivity contribution in [3.05, 3.63) is 30.5 Å². The van der Waals surface area contributed by atoms with Gasteiger partial charge in [-0.2, -0.15) is 0 Å². The molecular formula is C13H15N5O. The highest BCUT2D eigenvalue weighted by Gasteiger charge is 2.40. The van der Waals surface area contributed by atoms with E-state index in [0.717, 1.165) is 24.5 Å². The molecule has 2 aromatic heterocycles. The predicted octanol–water partition coefficient (Wildman–Crippen LogP) is 0.209. The number of hydrogen-bond donors (Lipinski definition) is 2. The van der Waals surface area contributed by atoms with Crippen molar-refractivity contribution in [1.82, 2.24) is 25.0 Å². The third-order valence-electron chi connectivity index (χ3n) is 4.16. The first-order valence-corrected chi connectivity index (χ1v) is 6.62. The van der Waals surface area contributed by atoms with Crippen LogP contribution in [-0.4, -0.2) is 38.9 Å². The van der Waals surface area contributed by atoms with E-state index in [2.05, 4.69) is 20.6 Å². The summed E-state index contributed by atoms with van der Waals surface area (Å²) in [7, 11) is 0. The molecule has 1 aliphatic carbocycles. The molecule has 3 atom stereocenters. The fourth-order valence-electron chi connectivity index (χ4n) is 3.20. The van der Waals surface area contributed by atoms with Gasteiger partial charge in [0, 0.05) is 30.7 Å². The van der Waals surface area contributed by atoms with Crippen LogP contribution >= 0.6 is 0 Å². The van der Waals surface area contributed by atoms with Crippen LogP contribution in [0.5, 0.6) is 0 Å². The summed E-state index contributed by atoms with van der Waals surface area (Å²) >= 11 is 0. The third kappa shape index (κ3) is 1.79. The largest absolute Gasteiger partial charge is 0.346 e. The lowest BCUT2D eigenvalue weighted by atomic mass is 10.1. The van der Waals surface area contributed by atoms with E-state index in [1.54, 1.807) is 23.0 Å². The van der Waals surface area contributed by atoms with Gasteiger partial charge < -0.3 is 15.0 Å². The van der Waals surface area contributed by atoms with Crippen LogP contribution in [0.1, 0.15) is 23.3 Å². The second-order valence-corrected chi connectivity index (χ2v) is 5.40. The van der Waals surface area contributed by atoms with Gasteiger partial charge in [-0.05, 0) is 25.3 Å². The van der Waals surface area contributed by atoms with Gasteiger partial charge in [-0.3, -0.25) is 4.79 Å². The second-order valence-electron chi connectivity index (χ2n) is 5.40. The summed E-state index contributed by atoms with van der Waals surface area (Å²) in [5.74, 6) is 0.620. The summed E-state index contributed by atoms with van der Waals surface area (Å²) in [6.07, 6.45) is 9.10. The molecule has 0 radical (unpaired) electrons. The Hall–Kier alpha value is -1.95. The molecule has 19 heavy (non-hydrogen) atoms. The number of imidazole rings is 1. The molecular weight excluding hydrogens is 242 g/mol. The quantitative estimate of drug-likeness (QED) is 0.807. The van der Waals surface area contributed by atoms with Gasteiger partial charge in [0.25, 0.3) is 5.91 Å². The first kappa shape index (κ1) is 10.9. The van der Waals surface area contributed by atoms with Crippen LogP contribution < -0.4 is 10.6 Å². The van der Waals surface area contributed by atoms with E-state index in [1.165, 1.54) is 6.42 Å². The van der Waals surface area contributed by atoms with Crippen LogP contribution in [0.2, 0.25) is 0 Å². The Morgan fingerprint density at radius 3 is 3.16 bits per heavy atom. The predicted molar refractivity (Wildman–Crippen MR) is 68.8 cm³/mol. The minimum atomic E-state index is -0.102. The van der Waals surface area contributed by atoms with Crippen LogP contribution in [0.4, 0.5) is 0 Å². The molecule has 2 fully saturated rings. The van der Waals surface area contributed by atoms with Gasteiger partial charge in [-0.1, -0.05) is 0 Å². The summed E-state index contributed by atoms with van der Waals surface area (Å²) in [4.78, 5) is 20.5. The standard InChI is InChI=1S/C13H15N5O/c19-13(17-10-4-8-3-9(10)15-5-8)11-7-18-2-1-14-12(18)6-16-11/h1-2,6-10,15H,3-5H2,(H,17,19)/t8-,9+,10+/m0/s1. The zero-order valence-corrected chi connectivity index (χ0v) is 10.4. The minimum Gasteiger partial charge on any atom is -0.346 e. The monoisotopic (exact) mass is 257 g/mol. The Labute approximate surface area is 110 Å². The SMILES string of the molecule is O=C(N[C@@H]1C[C@H]2CN[C@@H]1C2)c1cn2ccnc2cn1. The van der Waals surface area contributed by atoms with Crippen LogP contribution in [0.15, 0.2) is 24.8 Å². The van der Waals surface area contributed by atoms with Gasteiger partial charge in [-0.15, -0.1) is 0 Å². The van der Waals surface area contributed by atoms with Crippen molar-refractivity contribution in [2.75, 3.05) is 6.54 Å². The normalized spacial score (nSPS) is 28.9. The lowest BCUT2D eigenvalue weighted by molar-refractivity contribution is 0.0923. The van der Waals surface area contributed by atoms with E-state index in [-0.39, 0.29) is 11.9 Å².